The summed E-state index contributed by atoms with van der Waals surface area (Å²) in [6.45, 7) is 1.60. The maximum absolute atomic E-state index is 9.37. The molecule has 0 saturated carbocycles. The van der Waals surface area contributed by atoms with E-state index in [9.17, 15) is 4.79 Å². The molecule has 0 spiro atoms. The van der Waals surface area contributed by atoms with Crippen molar-refractivity contribution >= 4 is 17.3 Å². The van der Waals surface area contributed by atoms with Crippen LogP contribution in [0, 0.1) is 0 Å². The van der Waals surface area contributed by atoms with E-state index in [-0.39, 0.29) is 6.42 Å². The summed E-state index contributed by atoms with van der Waals surface area (Å²) >= 11 is 0. The Hall–Kier alpha value is -2.49. The minimum atomic E-state index is -0.745. The second-order valence-corrected chi connectivity index (χ2v) is 3.73. The van der Waals surface area contributed by atoms with Crippen LogP contribution in [0.1, 0.15) is 13.3 Å². The van der Waals surface area contributed by atoms with E-state index in [4.69, 9.17) is 5.11 Å². The number of carboxylic acid groups (broad SMARTS) is 1. The molecule has 0 aromatic heterocycles. The standard InChI is InChI=1S/C12H12N2.C3H6O2/c1-3-7-11(8-4-1)13-14-12-9-5-2-6-10-12;1-2-3(4)5/h1-10,13-14H;2H2,1H3,(H,4,5). The molecule has 0 unspecified atom stereocenters. The Morgan fingerprint density at radius 2 is 1.21 bits per heavy atom. The first-order chi connectivity index (χ1) is 9.22. The van der Waals surface area contributed by atoms with Crippen molar-refractivity contribution in [1.82, 2.24) is 0 Å². The monoisotopic (exact) mass is 258 g/mol. The van der Waals surface area contributed by atoms with Crippen LogP contribution in [0.25, 0.3) is 0 Å². The number of hydrazine groups is 1. The molecule has 19 heavy (non-hydrogen) atoms. The molecule has 0 radical (unpaired) electrons. The first kappa shape index (κ1) is 14.6. The van der Waals surface area contributed by atoms with Crippen LogP contribution in [-0.2, 0) is 4.79 Å². The summed E-state index contributed by atoms with van der Waals surface area (Å²) in [7, 11) is 0. The zero-order valence-corrected chi connectivity index (χ0v) is 10.8. The Kier molecular flexibility index (Phi) is 6.58. The maximum atomic E-state index is 9.37. The Balaban J connectivity index is 0.000000312. The number of aliphatic carboxylic acids is 1. The van der Waals surface area contributed by atoms with Gasteiger partial charge < -0.3 is 16.0 Å². The molecule has 4 nitrogen and oxygen atoms in total. The molecule has 0 atom stereocenters. The Bertz CT molecular complexity index is 433. The number of hydrogen-bond donors (Lipinski definition) is 3. The molecule has 0 bridgehead atoms. The minimum Gasteiger partial charge on any atom is -0.481 e. The van der Waals surface area contributed by atoms with Crippen molar-refractivity contribution in [2.45, 2.75) is 13.3 Å². The summed E-state index contributed by atoms with van der Waals surface area (Å²) in [6.07, 6.45) is 0.222. The van der Waals surface area contributed by atoms with Crippen LogP contribution in [0.2, 0.25) is 0 Å². The molecule has 0 heterocycles. The van der Waals surface area contributed by atoms with Crippen LogP contribution in [-0.4, -0.2) is 11.1 Å². The number of para-hydroxylation sites is 2. The molecule has 100 valence electrons. The molecular formula is C15H18N2O2. The molecular weight excluding hydrogens is 240 g/mol. The number of rotatable bonds is 4. The predicted octanol–water partition coefficient (Wildman–Crippen LogP) is 3.61. The number of carboxylic acids is 1. The number of hydrogen-bond acceptors (Lipinski definition) is 3. The third-order valence-electron chi connectivity index (χ3n) is 2.20. The van der Waals surface area contributed by atoms with Gasteiger partial charge in [0, 0.05) is 6.42 Å². The fraction of sp³-hybridized carbons (Fsp3) is 0.133. The molecule has 0 fully saturated rings. The lowest BCUT2D eigenvalue weighted by Crippen LogP contribution is -2.07. The highest BCUT2D eigenvalue weighted by atomic mass is 16.4. The molecule has 0 aliphatic heterocycles. The van der Waals surface area contributed by atoms with E-state index >= 15 is 0 Å². The lowest BCUT2D eigenvalue weighted by molar-refractivity contribution is -0.136. The predicted molar refractivity (Wildman–Crippen MR) is 78.1 cm³/mol. The topological polar surface area (TPSA) is 61.4 Å². The Morgan fingerprint density at radius 3 is 1.47 bits per heavy atom. The lowest BCUT2D eigenvalue weighted by atomic mass is 10.3. The van der Waals surface area contributed by atoms with Gasteiger partial charge in [0.2, 0.25) is 0 Å². The number of benzene rings is 2. The van der Waals surface area contributed by atoms with Crippen molar-refractivity contribution in [3.63, 3.8) is 0 Å². The van der Waals surface area contributed by atoms with E-state index in [0.717, 1.165) is 11.4 Å². The summed E-state index contributed by atoms with van der Waals surface area (Å²) in [6, 6.07) is 20.0. The Labute approximate surface area is 113 Å². The van der Waals surface area contributed by atoms with Gasteiger partial charge in [-0.05, 0) is 24.3 Å². The largest absolute Gasteiger partial charge is 0.481 e. The minimum absolute atomic E-state index is 0.222. The molecule has 0 saturated heterocycles. The molecule has 3 N–H and O–H groups in total. The summed E-state index contributed by atoms with van der Waals surface area (Å²) in [5, 5.41) is 7.72. The number of anilines is 2. The zero-order chi connectivity index (χ0) is 13.9. The second kappa shape index (κ2) is 8.58. The van der Waals surface area contributed by atoms with Gasteiger partial charge in [-0.2, -0.15) is 0 Å². The lowest BCUT2D eigenvalue weighted by Gasteiger charge is -2.08. The average molecular weight is 258 g/mol. The van der Waals surface area contributed by atoms with E-state index < -0.39 is 5.97 Å². The first-order valence-corrected chi connectivity index (χ1v) is 6.06. The molecule has 2 aromatic rings. The van der Waals surface area contributed by atoms with Gasteiger partial charge in [-0.1, -0.05) is 43.3 Å². The molecule has 0 aliphatic rings. The fourth-order valence-electron chi connectivity index (χ4n) is 1.19. The number of carbonyl (C=O) groups is 1. The smallest absolute Gasteiger partial charge is 0.303 e. The van der Waals surface area contributed by atoms with Crippen molar-refractivity contribution in [3.05, 3.63) is 60.7 Å². The van der Waals surface area contributed by atoms with E-state index in [1.807, 2.05) is 60.7 Å². The number of nitrogens with one attached hydrogen (secondary N) is 2. The van der Waals surface area contributed by atoms with Gasteiger partial charge >= 0.3 is 5.97 Å². The highest BCUT2D eigenvalue weighted by Gasteiger charge is 1.88. The summed E-state index contributed by atoms with van der Waals surface area (Å²) < 4.78 is 0. The third-order valence-corrected chi connectivity index (χ3v) is 2.20. The van der Waals surface area contributed by atoms with Gasteiger partial charge in [-0.15, -0.1) is 0 Å². The van der Waals surface area contributed by atoms with Crippen LogP contribution >= 0.6 is 0 Å². The normalized spacial score (nSPS) is 8.89. The van der Waals surface area contributed by atoms with Crippen molar-refractivity contribution < 1.29 is 9.90 Å². The second-order valence-electron chi connectivity index (χ2n) is 3.73. The summed E-state index contributed by atoms with van der Waals surface area (Å²) in [5.41, 5.74) is 8.33. The van der Waals surface area contributed by atoms with Crippen LogP contribution in [0.5, 0.6) is 0 Å². The third kappa shape index (κ3) is 6.73. The van der Waals surface area contributed by atoms with Crippen LogP contribution in [0.15, 0.2) is 60.7 Å². The van der Waals surface area contributed by atoms with Crippen LogP contribution in [0.3, 0.4) is 0 Å². The van der Waals surface area contributed by atoms with Crippen LogP contribution < -0.4 is 10.9 Å². The maximum Gasteiger partial charge on any atom is 0.303 e. The van der Waals surface area contributed by atoms with Gasteiger partial charge in [0.1, 0.15) is 0 Å². The average Bonchev–Trinajstić information content (AvgIpc) is 2.48. The van der Waals surface area contributed by atoms with Gasteiger partial charge in [0.15, 0.2) is 0 Å². The van der Waals surface area contributed by atoms with Crippen LogP contribution in [0.4, 0.5) is 11.4 Å². The molecule has 0 aliphatic carbocycles. The molecule has 2 aromatic carbocycles. The summed E-state index contributed by atoms with van der Waals surface area (Å²) in [5.74, 6) is -0.745. The fourth-order valence-corrected chi connectivity index (χ4v) is 1.19. The van der Waals surface area contributed by atoms with Gasteiger partial charge in [-0.25, -0.2) is 0 Å². The van der Waals surface area contributed by atoms with E-state index in [1.54, 1.807) is 6.92 Å². The van der Waals surface area contributed by atoms with Crippen molar-refractivity contribution in [3.8, 4) is 0 Å². The SMILES string of the molecule is CCC(=O)O.c1ccc(NNc2ccccc2)cc1. The van der Waals surface area contributed by atoms with E-state index in [1.165, 1.54) is 0 Å². The Morgan fingerprint density at radius 1 is 0.895 bits per heavy atom. The van der Waals surface area contributed by atoms with Crippen molar-refractivity contribution in [1.29, 1.82) is 0 Å². The highest BCUT2D eigenvalue weighted by Crippen LogP contribution is 2.08. The van der Waals surface area contributed by atoms with Gasteiger partial charge in [0.25, 0.3) is 0 Å². The van der Waals surface area contributed by atoms with E-state index in [0.29, 0.717) is 0 Å². The molecule has 2 rings (SSSR count). The first-order valence-electron chi connectivity index (χ1n) is 6.06. The zero-order valence-electron chi connectivity index (χ0n) is 10.8. The van der Waals surface area contributed by atoms with E-state index in [2.05, 4.69) is 10.9 Å². The van der Waals surface area contributed by atoms with Crippen molar-refractivity contribution in [2.75, 3.05) is 10.9 Å². The quantitative estimate of drug-likeness (QED) is 0.733. The van der Waals surface area contributed by atoms with Crippen molar-refractivity contribution in [2.24, 2.45) is 0 Å². The highest BCUT2D eigenvalue weighted by molar-refractivity contribution is 5.66. The summed E-state index contributed by atoms with van der Waals surface area (Å²) in [4.78, 5) is 9.37. The van der Waals surface area contributed by atoms with Gasteiger partial charge in [-0.3, -0.25) is 4.79 Å². The molecule has 4 heteroatoms. The molecule has 0 amide bonds. The van der Waals surface area contributed by atoms with Gasteiger partial charge in [0.05, 0.1) is 11.4 Å².